The molecule has 1 aliphatic carbocycles. The summed E-state index contributed by atoms with van der Waals surface area (Å²) in [5.41, 5.74) is 5.11. The van der Waals surface area contributed by atoms with Gasteiger partial charge in [0.15, 0.2) is 0 Å². The highest BCUT2D eigenvalue weighted by Gasteiger charge is 2.46. The molecule has 2 fully saturated rings. The second kappa shape index (κ2) is 4.72. The summed E-state index contributed by atoms with van der Waals surface area (Å²) in [6.07, 6.45) is -0.719. The summed E-state index contributed by atoms with van der Waals surface area (Å²) in [7, 11) is 0. The average Bonchev–Trinajstić information content (AvgIpc) is 2.75. The monoisotopic (exact) mass is 264 g/mol. The van der Waals surface area contributed by atoms with Crippen molar-refractivity contribution < 1.29 is 18.0 Å². The molecule has 1 aliphatic heterocycles. The van der Waals surface area contributed by atoms with Crippen molar-refractivity contribution in [2.75, 3.05) is 13.1 Å². The van der Waals surface area contributed by atoms with Gasteiger partial charge in [0.25, 0.3) is 0 Å². The number of rotatable bonds is 1. The van der Waals surface area contributed by atoms with E-state index >= 15 is 0 Å². The molecule has 1 saturated heterocycles. The van der Waals surface area contributed by atoms with Crippen LogP contribution in [0.5, 0.6) is 0 Å². The molecular weight excluding hydrogens is 245 g/mol. The van der Waals surface area contributed by atoms with Crippen LogP contribution in [0.1, 0.15) is 38.5 Å². The largest absolute Gasteiger partial charge is 0.393 e. The second-order valence-corrected chi connectivity index (χ2v) is 5.50. The van der Waals surface area contributed by atoms with Crippen molar-refractivity contribution in [1.82, 2.24) is 4.90 Å². The molecule has 0 aromatic heterocycles. The minimum atomic E-state index is -4.21. The van der Waals surface area contributed by atoms with E-state index in [2.05, 4.69) is 0 Å². The van der Waals surface area contributed by atoms with E-state index in [1.165, 1.54) is 4.90 Å². The Hall–Kier alpha value is -0.780. The third-order valence-corrected chi connectivity index (χ3v) is 4.09. The lowest BCUT2D eigenvalue weighted by atomic mass is 9.92. The standard InChI is InChI=1S/C12H19F3N2O/c13-12(14,15)9-4-3-7-17(8-9)10(18)11(16)5-1-2-6-11/h9H,1-8,16H2. The van der Waals surface area contributed by atoms with E-state index in [9.17, 15) is 18.0 Å². The van der Waals surface area contributed by atoms with Gasteiger partial charge in [-0.25, -0.2) is 0 Å². The van der Waals surface area contributed by atoms with Crippen LogP contribution in [0, 0.1) is 5.92 Å². The van der Waals surface area contributed by atoms with Gasteiger partial charge in [-0.2, -0.15) is 13.2 Å². The summed E-state index contributed by atoms with van der Waals surface area (Å²) in [5, 5.41) is 0. The Bertz CT molecular complexity index is 324. The predicted molar refractivity (Wildman–Crippen MR) is 60.7 cm³/mol. The maximum absolute atomic E-state index is 12.7. The number of amides is 1. The Morgan fingerprint density at radius 2 is 1.83 bits per heavy atom. The Morgan fingerprint density at radius 1 is 1.22 bits per heavy atom. The van der Waals surface area contributed by atoms with Gasteiger partial charge in [-0.1, -0.05) is 12.8 Å². The van der Waals surface area contributed by atoms with Gasteiger partial charge in [0.05, 0.1) is 11.5 Å². The van der Waals surface area contributed by atoms with Crippen molar-refractivity contribution in [3.63, 3.8) is 0 Å². The lowest BCUT2D eigenvalue weighted by Gasteiger charge is -2.38. The van der Waals surface area contributed by atoms with Gasteiger partial charge in [-0.15, -0.1) is 0 Å². The first-order valence-electron chi connectivity index (χ1n) is 6.48. The lowest BCUT2D eigenvalue weighted by Crippen LogP contribution is -2.56. The van der Waals surface area contributed by atoms with Gasteiger partial charge in [0.2, 0.25) is 5.91 Å². The molecule has 3 nitrogen and oxygen atoms in total. The molecule has 0 aromatic rings. The number of halogens is 3. The minimum absolute atomic E-state index is 0.116. The molecule has 0 bridgehead atoms. The van der Waals surface area contributed by atoms with Crippen molar-refractivity contribution >= 4 is 5.91 Å². The van der Waals surface area contributed by atoms with Crippen LogP contribution in [0.15, 0.2) is 0 Å². The van der Waals surface area contributed by atoms with Gasteiger partial charge in [0, 0.05) is 13.1 Å². The molecule has 6 heteroatoms. The zero-order chi connectivity index (χ0) is 13.4. The number of hydrogen-bond acceptors (Lipinski definition) is 2. The Balaban J connectivity index is 2.03. The van der Waals surface area contributed by atoms with Gasteiger partial charge in [0.1, 0.15) is 0 Å². The van der Waals surface area contributed by atoms with Crippen molar-refractivity contribution in [2.24, 2.45) is 11.7 Å². The number of likely N-dealkylation sites (tertiary alicyclic amines) is 1. The molecule has 1 saturated carbocycles. The van der Waals surface area contributed by atoms with Crippen molar-refractivity contribution in [3.05, 3.63) is 0 Å². The number of piperidine rings is 1. The van der Waals surface area contributed by atoms with Crippen LogP contribution in [0.2, 0.25) is 0 Å². The Labute approximate surface area is 104 Å². The van der Waals surface area contributed by atoms with E-state index in [1.54, 1.807) is 0 Å². The highest BCUT2D eigenvalue weighted by atomic mass is 19.4. The summed E-state index contributed by atoms with van der Waals surface area (Å²) >= 11 is 0. The van der Waals surface area contributed by atoms with Crippen LogP contribution in [-0.2, 0) is 4.79 Å². The van der Waals surface area contributed by atoms with Crippen LogP contribution in [0.25, 0.3) is 0 Å². The quantitative estimate of drug-likeness (QED) is 0.788. The van der Waals surface area contributed by atoms with Crippen LogP contribution >= 0.6 is 0 Å². The van der Waals surface area contributed by atoms with Crippen LogP contribution in [0.4, 0.5) is 13.2 Å². The van der Waals surface area contributed by atoms with Gasteiger partial charge in [-0.3, -0.25) is 4.79 Å². The molecule has 2 N–H and O–H groups in total. The molecule has 1 amide bonds. The van der Waals surface area contributed by atoms with E-state index < -0.39 is 17.6 Å². The maximum atomic E-state index is 12.7. The molecule has 1 atom stereocenters. The first-order chi connectivity index (χ1) is 8.33. The number of carbonyl (C=O) groups excluding carboxylic acids is 1. The number of alkyl halides is 3. The number of nitrogens with zero attached hydrogens (tertiary/aromatic N) is 1. The number of nitrogens with two attached hydrogens (primary N) is 1. The fourth-order valence-corrected chi connectivity index (χ4v) is 2.96. The number of carbonyl (C=O) groups is 1. The molecule has 2 rings (SSSR count). The molecule has 2 aliphatic rings. The Kier molecular flexibility index (Phi) is 3.58. The van der Waals surface area contributed by atoms with Crippen LogP contribution in [0.3, 0.4) is 0 Å². The average molecular weight is 264 g/mol. The van der Waals surface area contributed by atoms with Crippen molar-refractivity contribution in [2.45, 2.75) is 50.2 Å². The normalized spacial score (nSPS) is 28.4. The minimum Gasteiger partial charge on any atom is -0.340 e. The van der Waals surface area contributed by atoms with Crippen LogP contribution < -0.4 is 5.73 Å². The van der Waals surface area contributed by atoms with E-state index in [0.29, 0.717) is 25.8 Å². The summed E-state index contributed by atoms with van der Waals surface area (Å²) < 4.78 is 38.0. The van der Waals surface area contributed by atoms with E-state index in [1.807, 2.05) is 0 Å². The molecule has 1 heterocycles. The highest BCUT2D eigenvalue weighted by Crippen LogP contribution is 2.35. The summed E-state index contributed by atoms with van der Waals surface area (Å²) in [4.78, 5) is 13.6. The third kappa shape index (κ3) is 2.63. The molecule has 0 aromatic carbocycles. The SMILES string of the molecule is NC1(C(=O)N2CCCC(C(F)(F)F)C2)CCCC1. The zero-order valence-electron chi connectivity index (χ0n) is 10.3. The van der Waals surface area contributed by atoms with E-state index in [-0.39, 0.29) is 18.9 Å². The second-order valence-electron chi connectivity index (χ2n) is 5.50. The van der Waals surface area contributed by atoms with Gasteiger partial charge < -0.3 is 10.6 Å². The summed E-state index contributed by atoms with van der Waals surface area (Å²) in [6, 6.07) is 0. The molecule has 0 spiro atoms. The van der Waals surface area contributed by atoms with Gasteiger partial charge in [-0.05, 0) is 25.7 Å². The lowest BCUT2D eigenvalue weighted by molar-refractivity contribution is -0.189. The van der Waals surface area contributed by atoms with Crippen molar-refractivity contribution in [3.8, 4) is 0 Å². The molecule has 0 radical (unpaired) electrons. The molecular formula is C12H19F3N2O. The maximum Gasteiger partial charge on any atom is 0.393 e. The van der Waals surface area contributed by atoms with E-state index in [4.69, 9.17) is 5.73 Å². The smallest absolute Gasteiger partial charge is 0.340 e. The zero-order valence-corrected chi connectivity index (χ0v) is 10.3. The first-order valence-corrected chi connectivity index (χ1v) is 6.48. The van der Waals surface area contributed by atoms with Crippen LogP contribution in [-0.4, -0.2) is 35.6 Å². The first kappa shape index (κ1) is 13.6. The van der Waals surface area contributed by atoms with Crippen molar-refractivity contribution in [1.29, 1.82) is 0 Å². The molecule has 1 unspecified atom stereocenters. The van der Waals surface area contributed by atoms with Gasteiger partial charge >= 0.3 is 6.18 Å². The van der Waals surface area contributed by atoms with E-state index in [0.717, 1.165) is 12.8 Å². The fraction of sp³-hybridized carbons (Fsp3) is 0.917. The summed E-state index contributed by atoms with van der Waals surface area (Å²) in [5.74, 6) is -1.67. The third-order valence-electron chi connectivity index (χ3n) is 4.09. The molecule has 104 valence electrons. The highest BCUT2D eigenvalue weighted by molar-refractivity contribution is 5.86. The number of hydrogen-bond donors (Lipinski definition) is 1. The fourth-order valence-electron chi connectivity index (χ4n) is 2.96. The predicted octanol–water partition coefficient (Wildman–Crippen LogP) is 2.06. The summed E-state index contributed by atoms with van der Waals surface area (Å²) in [6.45, 7) is 0.186. The Morgan fingerprint density at radius 3 is 2.39 bits per heavy atom. The topological polar surface area (TPSA) is 46.3 Å². The molecule has 18 heavy (non-hydrogen) atoms.